The molecule has 0 N–H and O–H groups in total. The summed E-state index contributed by atoms with van der Waals surface area (Å²) < 4.78 is 117. The van der Waals surface area contributed by atoms with Crippen LogP contribution in [0.15, 0.2) is 36.4 Å². The average molecular weight is 361 g/mol. The van der Waals surface area contributed by atoms with Crippen molar-refractivity contribution in [2.75, 3.05) is 0 Å². The highest BCUT2D eigenvalue weighted by molar-refractivity contribution is 5.91. The molecule has 24 heavy (non-hydrogen) atoms. The maximum atomic E-state index is 14.0. The Morgan fingerprint density at radius 2 is 1.17 bits per heavy atom. The fraction of sp³-hybridized carbons (Fsp3) is 0.286. The van der Waals surface area contributed by atoms with Crippen LogP contribution in [0.4, 0.5) is 39.5 Å². The molecule has 1 nitrogen and oxygen atoms in total. The standard InChI is InChI=1S/C14H6F9O/c15-11(16,12(17,18)13(19,20)14(21,22)23)8-5-1-3-7-4-2-6-9(24)10(7)8/h1-6H. The fourth-order valence-corrected chi connectivity index (χ4v) is 2.11. The highest BCUT2D eigenvalue weighted by atomic mass is 19.4. The molecule has 131 valence electrons. The Labute approximate surface area is 128 Å². The molecule has 0 spiro atoms. The molecule has 0 heterocycles. The van der Waals surface area contributed by atoms with Gasteiger partial charge < -0.3 is 0 Å². The van der Waals surface area contributed by atoms with Crippen LogP contribution in [0.1, 0.15) is 5.56 Å². The lowest BCUT2D eigenvalue weighted by Gasteiger charge is -2.34. The van der Waals surface area contributed by atoms with Gasteiger partial charge in [0.15, 0.2) is 5.75 Å². The first-order valence-corrected chi connectivity index (χ1v) is 6.14. The summed E-state index contributed by atoms with van der Waals surface area (Å²) in [6.07, 6.45) is -6.91. The molecule has 2 rings (SSSR count). The predicted octanol–water partition coefficient (Wildman–Crippen LogP) is 5.91. The van der Waals surface area contributed by atoms with Gasteiger partial charge in [0.2, 0.25) is 0 Å². The van der Waals surface area contributed by atoms with Gasteiger partial charge >= 0.3 is 23.9 Å². The van der Waals surface area contributed by atoms with E-state index in [9.17, 15) is 44.6 Å². The van der Waals surface area contributed by atoms with Crippen LogP contribution < -0.4 is 0 Å². The zero-order valence-corrected chi connectivity index (χ0v) is 11.3. The lowest BCUT2D eigenvalue weighted by molar-refractivity contribution is -0.399. The first-order chi connectivity index (χ1) is 10.7. The summed E-state index contributed by atoms with van der Waals surface area (Å²) in [6.45, 7) is 0. The summed E-state index contributed by atoms with van der Waals surface area (Å²) in [5.74, 6) is -21.0. The quantitative estimate of drug-likeness (QED) is 0.606. The van der Waals surface area contributed by atoms with Gasteiger partial charge in [-0.1, -0.05) is 30.3 Å². The normalized spacial score (nSPS) is 14.2. The summed E-state index contributed by atoms with van der Waals surface area (Å²) in [6, 6.07) is 4.85. The summed E-state index contributed by atoms with van der Waals surface area (Å²) in [5, 5.41) is 10.3. The summed E-state index contributed by atoms with van der Waals surface area (Å²) >= 11 is 0. The molecule has 2 aromatic rings. The molecular formula is C14H6F9O. The minimum atomic E-state index is -7.01. The van der Waals surface area contributed by atoms with Crippen molar-refractivity contribution in [2.45, 2.75) is 23.9 Å². The molecule has 0 saturated heterocycles. The third-order valence-corrected chi connectivity index (χ3v) is 3.35. The minimum absolute atomic E-state index is 0.212. The van der Waals surface area contributed by atoms with E-state index in [1.807, 2.05) is 0 Å². The van der Waals surface area contributed by atoms with Crippen LogP contribution in [-0.4, -0.2) is 18.0 Å². The Kier molecular flexibility index (Phi) is 3.93. The molecule has 1 radical (unpaired) electrons. The van der Waals surface area contributed by atoms with Crippen molar-refractivity contribution in [3.63, 3.8) is 0 Å². The summed E-state index contributed by atoms with van der Waals surface area (Å²) in [7, 11) is 0. The molecule has 0 aliphatic heterocycles. The molecule has 2 aromatic carbocycles. The number of hydrogen-bond acceptors (Lipinski definition) is 0. The molecule has 0 aromatic heterocycles. The lowest BCUT2D eigenvalue weighted by atomic mass is 9.92. The molecule has 0 unspecified atom stereocenters. The Hall–Kier alpha value is -2.13. The van der Waals surface area contributed by atoms with Gasteiger partial charge in [-0.2, -0.15) is 39.5 Å². The van der Waals surface area contributed by atoms with Crippen LogP contribution in [0, 0.1) is 0 Å². The minimum Gasteiger partial charge on any atom is -0.289 e. The van der Waals surface area contributed by atoms with Gasteiger partial charge in [0.25, 0.3) is 0 Å². The third-order valence-electron chi connectivity index (χ3n) is 3.35. The number of alkyl halides is 9. The van der Waals surface area contributed by atoms with E-state index >= 15 is 0 Å². The van der Waals surface area contributed by atoms with E-state index < -0.39 is 40.6 Å². The van der Waals surface area contributed by atoms with Gasteiger partial charge in [-0.15, -0.1) is 0 Å². The fourth-order valence-electron chi connectivity index (χ4n) is 2.11. The van der Waals surface area contributed by atoms with Gasteiger partial charge in [0.1, 0.15) is 0 Å². The number of fused-ring (bicyclic) bond motifs is 1. The maximum Gasteiger partial charge on any atom is 0.460 e. The summed E-state index contributed by atoms with van der Waals surface area (Å²) in [4.78, 5) is 0. The molecular weight excluding hydrogens is 355 g/mol. The second-order valence-corrected chi connectivity index (χ2v) is 4.88. The van der Waals surface area contributed by atoms with Crippen molar-refractivity contribution in [3.8, 4) is 5.75 Å². The van der Waals surface area contributed by atoms with Crippen LogP contribution >= 0.6 is 0 Å². The molecule has 0 bridgehead atoms. The Morgan fingerprint density at radius 3 is 1.67 bits per heavy atom. The second-order valence-electron chi connectivity index (χ2n) is 4.88. The van der Waals surface area contributed by atoms with Crippen LogP contribution in [0.25, 0.3) is 10.8 Å². The SMILES string of the molecule is [O]c1cccc2cccc(C(F)(F)C(F)(F)C(F)(F)C(F)(F)F)c12. The first-order valence-electron chi connectivity index (χ1n) is 6.14. The van der Waals surface area contributed by atoms with Crippen molar-refractivity contribution in [2.24, 2.45) is 0 Å². The molecule has 10 heteroatoms. The second kappa shape index (κ2) is 5.18. The zero-order chi connectivity index (χ0) is 18.6. The zero-order valence-electron chi connectivity index (χ0n) is 11.3. The molecule has 0 fully saturated rings. The van der Waals surface area contributed by atoms with Crippen LogP contribution in [0.2, 0.25) is 0 Å². The first kappa shape index (κ1) is 18.2. The lowest BCUT2D eigenvalue weighted by Crippen LogP contribution is -2.59. The molecule has 0 aliphatic rings. The Balaban J connectivity index is 2.76. The molecule has 0 saturated carbocycles. The predicted molar refractivity (Wildman–Crippen MR) is 63.9 cm³/mol. The van der Waals surface area contributed by atoms with Crippen molar-refractivity contribution < 1.29 is 44.6 Å². The Bertz CT molecular complexity index is 759. The van der Waals surface area contributed by atoms with E-state index in [1.54, 1.807) is 0 Å². The monoisotopic (exact) mass is 361 g/mol. The van der Waals surface area contributed by atoms with E-state index in [2.05, 4.69) is 0 Å². The van der Waals surface area contributed by atoms with Crippen LogP contribution in [0.5, 0.6) is 5.75 Å². The van der Waals surface area contributed by atoms with E-state index in [1.165, 1.54) is 0 Å². The van der Waals surface area contributed by atoms with Gasteiger partial charge in [-0.3, -0.25) is 5.11 Å². The third kappa shape index (κ3) is 2.35. The smallest absolute Gasteiger partial charge is 0.289 e. The van der Waals surface area contributed by atoms with Gasteiger partial charge in [-0.25, -0.2) is 0 Å². The van der Waals surface area contributed by atoms with Crippen LogP contribution in [-0.2, 0) is 11.0 Å². The number of hydrogen-bond donors (Lipinski definition) is 0. The maximum absolute atomic E-state index is 14.0. The van der Waals surface area contributed by atoms with E-state index in [0.717, 1.165) is 24.3 Å². The van der Waals surface area contributed by atoms with Gasteiger partial charge in [0.05, 0.1) is 0 Å². The highest BCUT2D eigenvalue weighted by Gasteiger charge is 2.82. The van der Waals surface area contributed by atoms with E-state index in [-0.39, 0.29) is 11.5 Å². The summed E-state index contributed by atoms with van der Waals surface area (Å²) in [5.41, 5.74) is -1.90. The highest BCUT2D eigenvalue weighted by Crippen LogP contribution is 2.57. The number of benzene rings is 2. The number of rotatable bonds is 3. The molecule has 0 aliphatic carbocycles. The van der Waals surface area contributed by atoms with Crippen LogP contribution in [0.3, 0.4) is 0 Å². The topological polar surface area (TPSA) is 19.9 Å². The largest absolute Gasteiger partial charge is 0.460 e. The van der Waals surface area contributed by atoms with Gasteiger partial charge in [-0.05, 0) is 11.5 Å². The average Bonchev–Trinajstić information content (AvgIpc) is 2.45. The van der Waals surface area contributed by atoms with Crippen molar-refractivity contribution in [3.05, 3.63) is 42.0 Å². The Morgan fingerprint density at radius 1 is 0.667 bits per heavy atom. The molecule has 0 amide bonds. The van der Waals surface area contributed by atoms with Gasteiger partial charge in [0, 0.05) is 10.9 Å². The van der Waals surface area contributed by atoms with Crippen molar-refractivity contribution in [1.82, 2.24) is 0 Å². The van der Waals surface area contributed by atoms with Crippen molar-refractivity contribution in [1.29, 1.82) is 0 Å². The van der Waals surface area contributed by atoms with Crippen molar-refractivity contribution >= 4 is 10.8 Å². The van der Waals surface area contributed by atoms with E-state index in [0.29, 0.717) is 6.07 Å². The molecule has 0 atom stereocenters. The number of halogens is 9. The van der Waals surface area contributed by atoms with E-state index in [4.69, 9.17) is 0 Å².